The van der Waals surface area contributed by atoms with Crippen molar-refractivity contribution >= 4 is 0 Å². The maximum Gasteiger partial charge on any atom is 0.0580 e. The second-order valence-corrected chi connectivity index (χ2v) is 4.20. The molecule has 0 radical (unpaired) electrons. The van der Waals surface area contributed by atoms with Crippen LogP contribution in [0, 0.1) is 5.92 Å². The molecule has 0 amide bonds. The highest BCUT2D eigenvalue weighted by Gasteiger charge is 2.30. The van der Waals surface area contributed by atoms with Crippen LogP contribution in [0.5, 0.6) is 0 Å². The number of nitrogens with two attached hydrogens (primary N) is 1. The number of ether oxygens (including phenoxy) is 1. The second kappa shape index (κ2) is 5.61. The van der Waals surface area contributed by atoms with Crippen LogP contribution < -0.4 is 5.73 Å². The van der Waals surface area contributed by atoms with Gasteiger partial charge in [0.15, 0.2) is 0 Å². The summed E-state index contributed by atoms with van der Waals surface area (Å²) < 4.78 is 5.51. The first kappa shape index (κ1) is 11.0. The minimum absolute atomic E-state index is 0.428. The molecule has 0 spiro atoms. The fourth-order valence-electron chi connectivity index (χ4n) is 2.16. The number of hydrogen-bond acceptors (Lipinski definition) is 2. The van der Waals surface area contributed by atoms with E-state index in [1.807, 2.05) is 0 Å². The van der Waals surface area contributed by atoms with E-state index in [1.165, 1.54) is 32.1 Å². The van der Waals surface area contributed by atoms with Gasteiger partial charge in [0, 0.05) is 12.6 Å². The Balaban J connectivity index is 2.00. The second-order valence-electron chi connectivity index (χ2n) is 4.20. The standard InChI is InChI=1S/C11H23NO/c1-3-5-10(12)6-9-7-11(8-9)13-4-2/h9-11H,3-8,12H2,1-2H3. The molecule has 0 aliphatic heterocycles. The van der Waals surface area contributed by atoms with Crippen molar-refractivity contribution < 1.29 is 4.74 Å². The number of hydrogen-bond donors (Lipinski definition) is 1. The summed E-state index contributed by atoms with van der Waals surface area (Å²) in [6.45, 7) is 5.12. The third-order valence-electron chi connectivity index (χ3n) is 2.89. The van der Waals surface area contributed by atoms with E-state index in [-0.39, 0.29) is 0 Å². The highest BCUT2D eigenvalue weighted by atomic mass is 16.5. The van der Waals surface area contributed by atoms with Gasteiger partial charge < -0.3 is 10.5 Å². The molecule has 0 saturated heterocycles. The molecule has 1 atom stereocenters. The normalized spacial score (nSPS) is 29.8. The largest absolute Gasteiger partial charge is 0.378 e. The Morgan fingerprint density at radius 3 is 2.62 bits per heavy atom. The van der Waals surface area contributed by atoms with Gasteiger partial charge in [0.25, 0.3) is 0 Å². The van der Waals surface area contributed by atoms with Gasteiger partial charge in [-0.3, -0.25) is 0 Å². The first-order valence-electron chi connectivity index (χ1n) is 5.63. The topological polar surface area (TPSA) is 35.2 Å². The highest BCUT2D eigenvalue weighted by Crippen LogP contribution is 2.33. The molecule has 1 aliphatic rings. The summed E-state index contributed by atoms with van der Waals surface area (Å²) in [5.41, 5.74) is 5.97. The van der Waals surface area contributed by atoms with Crippen molar-refractivity contribution in [1.29, 1.82) is 0 Å². The SMILES string of the molecule is CCCC(N)CC1CC(OCC)C1. The molecule has 1 aliphatic carbocycles. The lowest BCUT2D eigenvalue weighted by Crippen LogP contribution is -2.35. The van der Waals surface area contributed by atoms with Crippen molar-refractivity contribution in [3.05, 3.63) is 0 Å². The molecule has 0 bridgehead atoms. The summed E-state index contributed by atoms with van der Waals surface area (Å²) in [6, 6.07) is 0.428. The third-order valence-corrected chi connectivity index (χ3v) is 2.89. The zero-order valence-corrected chi connectivity index (χ0v) is 8.96. The maximum absolute atomic E-state index is 5.97. The molecule has 2 heteroatoms. The van der Waals surface area contributed by atoms with Gasteiger partial charge in [0.1, 0.15) is 0 Å². The van der Waals surface area contributed by atoms with E-state index in [1.54, 1.807) is 0 Å². The molecule has 1 unspecified atom stereocenters. The van der Waals surface area contributed by atoms with Gasteiger partial charge in [-0.2, -0.15) is 0 Å². The molecule has 0 heterocycles. The summed E-state index contributed by atoms with van der Waals surface area (Å²) in [5.74, 6) is 0.845. The van der Waals surface area contributed by atoms with Crippen molar-refractivity contribution in [3.63, 3.8) is 0 Å². The molecule has 1 fully saturated rings. The predicted octanol–water partition coefficient (Wildman–Crippen LogP) is 2.32. The fraction of sp³-hybridized carbons (Fsp3) is 1.00. The molecule has 13 heavy (non-hydrogen) atoms. The Labute approximate surface area is 81.8 Å². The molecule has 0 aromatic heterocycles. The van der Waals surface area contributed by atoms with Crippen molar-refractivity contribution in [1.82, 2.24) is 0 Å². The minimum atomic E-state index is 0.428. The first-order chi connectivity index (χ1) is 6.26. The van der Waals surface area contributed by atoms with Crippen LogP contribution in [0.3, 0.4) is 0 Å². The maximum atomic E-state index is 5.97. The van der Waals surface area contributed by atoms with Crippen LogP contribution in [0.4, 0.5) is 0 Å². The molecule has 0 aromatic rings. The zero-order valence-electron chi connectivity index (χ0n) is 8.96. The Hall–Kier alpha value is -0.0800. The summed E-state index contributed by atoms with van der Waals surface area (Å²) in [5, 5.41) is 0. The average Bonchev–Trinajstić information content (AvgIpc) is 2.01. The van der Waals surface area contributed by atoms with Crippen LogP contribution >= 0.6 is 0 Å². The van der Waals surface area contributed by atoms with Gasteiger partial charge in [-0.05, 0) is 38.5 Å². The monoisotopic (exact) mass is 185 g/mol. The minimum Gasteiger partial charge on any atom is -0.378 e. The lowest BCUT2D eigenvalue weighted by atomic mass is 9.78. The molecule has 1 saturated carbocycles. The molecule has 0 aromatic carbocycles. The summed E-state index contributed by atoms with van der Waals surface area (Å²) >= 11 is 0. The molecule has 2 N–H and O–H groups in total. The van der Waals surface area contributed by atoms with E-state index in [0.29, 0.717) is 12.1 Å². The lowest BCUT2D eigenvalue weighted by Gasteiger charge is -2.36. The quantitative estimate of drug-likeness (QED) is 0.689. The van der Waals surface area contributed by atoms with E-state index in [0.717, 1.165) is 12.5 Å². The summed E-state index contributed by atoms with van der Waals surface area (Å²) in [6.07, 6.45) is 6.62. The van der Waals surface area contributed by atoms with Crippen molar-refractivity contribution in [2.75, 3.05) is 6.61 Å². The Morgan fingerprint density at radius 1 is 1.38 bits per heavy atom. The summed E-state index contributed by atoms with van der Waals surface area (Å²) in [7, 11) is 0. The third kappa shape index (κ3) is 3.65. The smallest absolute Gasteiger partial charge is 0.0580 e. The van der Waals surface area contributed by atoms with Crippen LogP contribution in [-0.4, -0.2) is 18.8 Å². The van der Waals surface area contributed by atoms with E-state index in [9.17, 15) is 0 Å². The van der Waals surface area contributed by atoms with E-state index >= 15 is 0 Å². The predicted molar refractivity (Wildman–Crippen MR) is 55.6 cm³/mol. The van der Waals surface area contributed by atoms with Crippen LogP contribution in [0.1, 0.15) is 46.0 Å². The van der Waals surface area contributed by atoms with Gasteiger partial charge >= 0.3 is 0 Å². The Bertz CT molecular complexity index is 132. The van der Waals surface area contributed by atoms with Crippen LogP contribution in [0.25, 0.3) is 0 Å². The van der Waals surface area contributed by atoms with Crippen LogP contribution in [0.2, 0.25) is 0 Å². The van der Waals surface area contributed by atoms with Crippen molar-refractivity contribution in [3.8, 4) is 0 Å². The highest BCUT2D eigenvalue weighted by molar-refractivity contribution is 4.82. The van der Waals surface area contributed by atoms with Crippen molar-refractivity contribution in [2.45, 2.75) is 58.1 Å². The zero-order chi connectivity index (χ0) is 9.68. The van der Waals surface area contributed by atoms with E-state index < -0.39 is 0 Å². The van der Waals surface area contributed by atoms with Gasteiger partial charge in [-0.1, -0.05) is 13.3 Å². The lowest BCUT2D eigenvalue weighted by molar-refractivity contribution is -0.0282. The van der Waals surface area contributed by atoms with Gasteiger partial charge in [0.05, 0.1) is 6.10 Å². The van der Waals surface area contributed by atoms with Gasteiger partial charge in [-0.15, -0.1) is 0 Å². The molecule has 1 rings (SSSR count). The van der Waals surface area contributed by atoms with Gasteiger partial charge in [-0.25, -0.2) is 0 Å². The summed E-state index contributed by atoms with van der Waals surface area (Å²) in [4.78, 5) is 0. The van der Waals surface area contributed by atoms with Gasteiger partial charge in [0.2, 0.25) is 0 Å². The Kier molecular flexibility index (Phi) is 4.74. The fourth-order valence-corrected chi connectivity index (χ4v) is 2.16. The average molecular weight is 185 g/mol. The van der Waals surface area contributed by atoms with E-state index in [2.05, 4.69) is 13.8 Å². The molecule has 78 valence electrons. The number of rotatable bonds is 6. The van der Waals surface area contributed by atoms with Crippen LogP contribution in [-0.2, 0) is 4.74 Å². The Morgan fingerprint density at radius 2 is 2.08 bits per heavy atom. The molecule has 2 nitrogen and oxygen atoms in total. The van der Waals surface area contributed by atoms with E-state index in [4.69, 9.17) is 10.5 Å². The van der Waals surface area contributed by atoms with Crippen molar-refractivity contribution in [2.24, 2.45) is 11.7 Å². The molecular formula is C11H23NO. The molecular weight excluding hydrogens is 162 g/mol. The first-order valence-corrected chi connectivity index (χ1v) is 5.63. The van der Waals surface area contributed by atoms with Crippen LogP contribution in [0.15, 0.2) is 0 Å².